The average molecular weight is 470 g/mol. The molecule has 0 radical (unpaired) electrons. The standard InChI is InChI=1S/C23H27N5O4S/c1-5-32-19-12-8-17(9-13-19)25-20(29)14-33-23-27-26-21(28(23)3)15(2)24-22(30)16-6-10-18(31-4)11-7-16/h6-13,15H,5,14H2,1-4H3,(H,24,30)(H,25,29). The lowest BCUT2D eigenvalue weighted by Gasteiger charge is -2.14. The summed E-state index contributed by atoms with van der Waals surface area (Å²) >= 11 is 1.27. The van der Waals surface area contributed by atoms with E-state index in [9.17, 15) is 9.59 Å². The number of anilines is 1. The van der Waals surface area contributed by atoms with Crippen molar-refractivity contribution in [2.24, 2.45) is 7.05 Å². The van der Waals surface area contributed by atoms with Gasteiger partial charge < -0.3 is 24.7 Å². The van der Waals surface area contributed by atoms with Gasteiger partial charge in [-0.3, -0.25) is 9.59 Å². The molecule has 1 aromatic heterocycles. The summed E-state index contributed by atoms with van der Waals surface area (Å²) in [7, 11) is 3.38. The van der Waals surface area contributed by atoms with Crippen molar-refractivity contribution in [1.82, 2.24) is 20.1 Å². The van der Waals surface area contributed by atoms with Gasteiger partial charge in [-0.05, 0) is 62.4 Å². The lowest BCUT2D eigenvalue weighted by molar-refractivity contribution is -0.113. The van der Waals surface area contributed by atoms with Crippen LogP contribution in [0.5, 0.6) is 11.5 Å². The van der Waals surface area contributed by atoms with E-state index >= 15 is 0 Å². The number of methoxy groups -OCH3 is 1. The number of nitrogens with one attached hydrogen (secondary N) is 2. The fourth-order valence-corrected chi connectivity index (χ4v) is 3.76. The first-order valence-corrected chi connectivity index (χ1v) is 11.4. The molecule has 0 fully saturated rings. The molecule has 0 saturated carbocycles. The molecule has 0 saturated heterocycles. The highest BCUT2D eigenvalue weighted by atomic mass is 32.2. The van der Waals surface area contributed by atoms with Crippen molar-refractivity contribution < 1.29 is 19.1 Å². The number of aromatic nitrogens is 3. The van der Waals surface area contributed by atoms with Crippen LogP contribution in [0.4, 0.5) is 5.69 Å². The Hall–Kier alpha value is -3.53. The maximum absolute atomic E-state index is 12.5. The van der Waals surface area contributed by atoms with Crippen molar-refractivity contribution in [3.05, 3.63) is 59.9 Å². The van der Waals surface area contributed by atoms with Crippen molar-refractivity contribution in [3.63, 3.8) is 0 Å². The predicted octanol–water partition coefficient (Wildman–Crippen LogP) is 3.44. The Kier molecular flexibility index (Phi) is 8.31. The van der Waals surface area contributed by atoms with Gasteiger partial charge in [-0.1, -0.05) is 11.8 Å². The molecule has 1 heterocycles. The Bertz CT molecular complexity index is 1080. The Morgan fingerprint density at radius 3 is 2.36 bits per heavy atom. The minimum atomic E-state index is -0.371. The third-order valence-corrected chi connectivity index (χ3v) is 5.76. The van der Waals surface area contributed by atoms with E-state index in [1.165, 1.54) is 11.8 Å². The molecular formula is C23H27N5O4S. The Balaban J connectivity index is 1.53. The second-order valence-corrected chi connectivity index (χ2v) is 8.06. The summed E-state index contributed by atoms with van der Waals surface area (Å²) < 4.78 is 12.3. The fraction of sp³-hybridized carbons (Fsp3) is 0.304. The van der Waals surface area contributed by atoms with E-state index in [1.54, 1.807) is 55.1 Å². The third kappa shape index (κ3) is 6.48. The van der Waals surface area contributed by atoms with E-state index in [4.69, 9.17) is 9.47 Å². The molecule has 10 heteroatoms. The number of hydrogen-bond donors (Lipinski definition) is 2. The maximum atomic E-state index is 12.5. The molecule has 0 bridgehead atoms. The molecular weight excluding hydrogens is 442 g/mol. The molecule has 0 aliphatic heterocycles. The molecule has 9 nitrogen and oxygen atoms in total. The van der Waals surface area contributed by atoms with E-state index in [1.807, 2.05) is 26.0 Å². The smallest absolute Gasteiger partial charge is 0.251 e. The molecule has 2 aromatic carbocycles. The summed E-state index contributed by atoms with van der Waals surface area (Å²) in [6.07, 6.45) is 0. The number of rotatable bonds is 10. The van der Waals surface area contributed by atoms with Crippen LogP contribution in [-0.4, -0.2) is 46.0 Å². The summed E-state index contributed by atoms with van der Waals surface area (Å²) in [5, 5.41) is 14.7. The number of thioether (sulfide) groups is 1. The van der Waals surface area contributed by atoms with Gasteiger partial charge in [0, 0.05) is 18.3 Å². The summed E-state index contributed by atoms with van der Waals surface area (Å²) in [5.74, 6) is 1.81. The number of amides is 2. The van der Waals surface area contributed by atoms with Gasteiger partial charge in [-0.15, -0.1) is 10.2 Å². The number of carbonyl (C=O) groups is 2. The van der Waals surface area contributed by atoms with Crippen molar-refractivity contribution in [2.75, 3.05) is 24.8 Å². The number of hydrogen-bond acceptors (Lipinski definition) is 7. The van der Waals surface area contributed by atoms with E-state index in [0.29, 0.717) is 34.6 Å². The molecule has 2 amide bonds. The Labute approximate surface area is 196 Å². The van der Waals surface area contributed by atoms with Gasteiger partial charge in [0.2, 0.25) is 5.91 Å². The second-order valence-electron chi connectivity index (χ2n) is 7.12. The van der Waals surface area contributed by atoms with Gasteiger partial charge in [0.25, 0.3) is 5.91 Å². The van der Waals surface area contributed by atoms with Crippen LogP contribution in [0.2, 0.25) is 0 Å². The second kappa shape index (κ2) is 11.4. The minimum absolute atomic E-state index is 0.158. The first-order chi connectivity index (χ1) is 15.9. The lowest BCUT2D eigenvalue weighted by atomic mass is 10.2. The zero-order chi connectivity index (χ0) is 23.8. The highest BCUT2D eigenvalue weighted by Gasteiger charge is 2.19. The van der Waals surface area contributed by atoms with E-state index in [2.05, 4.69) is 20.8 Å². The molecule has 33 heavy (non-hydrogen) atoms. The molecule has 3 aromatic rings. The van der Waals surface area contributed by atoms with Crippen LogP contribution in [-0.2, 0) is 11.8 Å². The number of carbonyl (C=O) groups excluding carboxylic acids is 2. The quantitative estimate of drug-likeness (QED) is 0.438. The number of nitrogens with zero attached hydrogens (tertiary/aromatic N) is 3. The van der Waals surface area contributed by atoms with E-state index < -0.39 is 0 Å². The van der Waals surface area contributed by atoms with Crippen LogP contribution >= 0.6 is 11.8 Å². The largest absolute Gasteiger partial charge is 0.497 e. The van der Waals surface area contributed by atoms with Crippen LogP contribution < -0.4 is 20.1 Å². The molecule has 3 rings (SSSR count). The summed E-state index contributed by atoms with van der Waals surface area (Å²) in [5.41, 5.74) is 1.21. The summed E-state index contributed by atoms with van der Waals surface area (Å²) in [4.78, 5) is 24.8. The highest BCUT2D eigenvalue weighted by Crippen LogP contribution is 2.21. The zero-order valence-electron chi connectivity index (χ0n) is 19.0. The van der Waals surface area contributed by atoms with Gasteiger partial charge in [0.15, 0.2) is 11.0 Å². The fourth-order valence-electron chi connectivity index (χ4n) is 3.04. The third-order valence-electron chi connectivity index (χ3n) is 4.74. The highest BCUT2D eigenvalue weighted by molar-refractivity contribution is 7.99. The van der Waals surface area contributed by atoms with Gasteiger partial charge in [-0.25, -0.2) is 0 Å². The van der Waals surface area contributed by atoms with Crippen molar-refractivity contribution in [2.45, 2.75) is 25.0 Å². The van der Waals surface area contributed by atoms with Crippen LogP contribution in [0.3, 0.4) is 0 Å². The van der Waals surface area contributed by atoms with Crippen molar-refractivity contribution in [1.29, 1.82) is 0 Å². The van der Waals surface area contributed by atoms with Crippen LogP contribution in [0.15, 0.2) is 53.7 Å². The first-order valence-electron chi connectivity index (χ1n) is 10.4. The van der Waals surface area contributed by atoms with E-state index in [0.717, 1.165) is 5.75 Å². The van der Waals surface area contributed by atoms with Crippen molar-refractivity contribution in [3.8, 4) is 11.5 Å². The van der Waals surface area contributed by atoms with Crippen LogP contribution in [0.25, 0.3) is 0 Å². The molecule has 1 atom stereocenters. The van der Waals surface area contributed by atoms with Crippen LogP contribution in [0, 0.1) is 0 Å². The Morgan fingerprint density at radius 1 is 1.06 bits per heavy atom. The summed E-state index contributed by atoms with van der Waals surface area (Å²) in [6, 6.07) is 13.7. The average Bonchev–Trinajstić information content (AvgIpc) is 3.19. The van der Waals surface area contributed by atoms with Crippen molar-refractivity contribution >= 4 is 29.3 Å². The summed E-state index contributed by atoms with van der Waals surface area (Å²) in [6.45, 7) is 4.34. The number of benzene rings is 2. The van der Waals surface area contributed by atoms with Gasteiger partial charge in [0.1, 0.15) is 11.5 Å². The topological polar surface area (TPSA) is 107 Å². The molecule has 0 spiro atoms. The van der Waals surface area contributed by atoms with Gasteiger partial charge in [-0.2, -0.15) is 0 Å². The van der Waals surface area contributed by atoms with Gasteiger partial charge >= 0.3 is 0 Å². The van der Waals surface area contributed by atoms with Gasteiger partial charge in [0.05, 0.1) is 25.5 Å². The zero-order valence-corrected chi connectivity index (χ0v) is 19.8. The SMILES string of the molecule is CCOc1ccc(NC(=O)CSc2nnc(C(C)NC(=O)c3ccc(OC)cc3)n2C)cc1. The molecule has 1 unspecified atom stereocenters. The molecule has 0 aliphatic rings. The number of ether oxygens (including phenoxy) is 2. The lowest BCUT2D eigenvalue weighted by Crippen LogP contribution is -2.28. The maximum Gasteiger partial charge on any atom is 0.251 e. The molecule has 0 aliphatic carbocycles. The minimum Gasteiger partial charge on any atom is -0.497 e. The molecule has 2 N–H and O–H groups in total. The molecule has 174 valence electrons. The Morgan fingerprint density at radius 2 is 1.73 bits per heavy atom. The monoisotopic (exact) mass is 469 g/mol. The van der Waals surface area contributed by atoms with Crippen LogP contribution in [0.1, 0.15) is 36.1 Å². The predicted molar refractivity (Wildman–Crippen MR) is 127 cm³/mol. The first kappa shape index (κ1) is 24.1. The normalized spacial score (nSPS) is 11.5. The van der Waals surface area contributed by atoms with E-state index in [-0.39, 0.29) is 23.6 Å².